The summed E-state index contributed by atoms with van der Waals surface area (Å²) >= 11 is 0. The Bertz CT molecular complexity index is 1150. The van der Waals surface area contributed by atoms with E-state index in [-0.39, 0.29) is 17.3 Å². The number of nitroso groups, excluding NO2 is 1. The topological polar surface area (TPSA) is 77.7 Å². The van der Waals surface area contributed by atoms with Crippen molar-refractivity contribution in [2.45, 2.75) is 24.7 Å². The normalized spacial score (nSPS) is 11.6. The van der Waals surface area contributed by atoms with Crippen molar-refractivity contribution in [3.8, 4) is 16.9 Å². The van der Waals surface area contributed by atoms with Crippen LogP contribution in [0, 0.1) is 17.6 Å². The first-order valence-corrected chi connectivity index (χ1v) is 11.8. The fourth-order valence-corrected chi connectivity index (χ4v) is 4.09. The zero-order valence-corrected chi connectivity index (χ0v) is 18.4. The fraction of sp³-hybridized carbons (Fsp3) is 0.304. The molecule has 3 rings (SSSR count). The van der Waals surface area contributed by atoms with Crippen LogP contribution in [-0.4, -0.2) is 39.0 Å². The zero-order valence-electron chi connectivity index (χ0n) is 17.5. The molecule has 0 aliphatic carbocycles. The molecule has 0 amide bonds. The molecule has 0 fully saturated rings. The van der Waals surface area contributed by atoms with Gasteiger partial charge in [0.15, 0.2) is 9.84 Å². The minimum atomic E-state index is -3.29. The molecule has 0 bridgehead atoms. The molecule has 0 unspecified atom stereocenters. The second-order valence-electron chi connectivity index (χ2n) is 7.32. The lowest BCUT2D eigenvalue weighted by atomic mass is 10.1. The Labute approximate surface area is 181 Å². The minimum absolute atomic E-state index is 0.239. The van der Waals surface area contributed by atoms with Crippen molar-refractivity contribution < 1.29 is 17.5 Å². The van der Waals surface area contributed by atoms with Crippen LogP contribution in [0.15, 0.2) is 64.7 Å². The van der Waals surface area contributed by atoms with Gasteiger partial charge in [-0.15, -0.1) is 0 Å². The Morgan fingerprint density at radius 3 is 2.45 bits per heavy atom. The summed E-state index contributed by atoms with van der Waals surface area (Å²) in [6.45, 7) is 3.15. The lowest BCUT2D eigenvalue weighted by Crippen LogP contribution is -2.04. The number of hydrogen-bond acceptors (Lipinski definition) is 5. The third-order valence-corrected chi connectivity index (χ3v) is 6.18. The summed E-state index contributed by atoms with van der Waals surface area (Å²) in [5.74, 6) is -0.336. The molecule has 6 nitrogen and oxygen atoms in total. The van der Waals surface area contributed by atoms with Gasteiger partial charge in [0.05, 0.1) is 23.7 Å². The van der Waals surface area contributed by atoms with E-state index in [9.17, 15) is 17.7 Å². The number of halogens is 1. The van der Waals surface area contributed by atoms with Gasteiger partial charge in [-0.2, -0.15) is 4.91 Å². The quantitative estimate of drug-likeness (QED) is 0.335. The summed E-state index contributed by atoms with van der Waals surface area (Å²) in [6.07, 6.45) is 2.41. The van der Waals surface area contributed by atoms with Crippen LogP contribution in [0.4, 0.5) is 4.39 Å². The molecular formula is C23H25FN2O4S. The number of hydrogen-bond donors (Lipinski definition) is 0. The lowest BCUT2D eigenvalue weighted by Gasteiger charge is -2.13. The van der Waals surface area contributed by atoms with Gasteiger partial charge in [-0.25, -0.2) is 12.8 Å². The van der Waals surface area contributed by atoms with Gasteiger partial charge < -0.3 is 9.30 Å². The highest BCUT2D eigenvalue weighted by molar-refractivity contribution is 7.90. The monoisotopic (exact) mass is 444 g/mol. The van der Waals surface area contributed by atoms with Gasteiger partial charge in [-0.05, 0) is 67.3 Å². The van der Waals surface area contributed by atoms with E-state index in [1.165, 1.54) is 18.4 Å². The first-order chi connectivity index (χ1) is 14.8. The van der Waals surface area contributed by atoms with Gasteiger partial charge in [0.1, 0.15) is 5.82 Å². The summed E-state index contributed by atoms with van der Waals surface area (Å²) in [6, 6.07) is 15.0. The largest absolute Gasteiger partial charge is 0.381 e. The van der Waals surface area contributed by atoms with E-state index in [1.54, 1.807) is 30.3 Å². The third-order valence-electron chi connectivity index (χ3n) is 5.05. The Hall–Kier alpha value is -2.84. The number of sulfone groups is 1. The molecule has 2 aromatic carbocycles. The molecule has 0 saturated heterocycles. The third kappa shape index (κ3) is 5.65. The van der Waals surface area contributed by atoms with Crippen molar-refractivity contribution in [3.05, 3.63) is 76.6 Å². The van der Waals surface area contributed by atoms with Crippen molar-refractivity contribution in [1.82, 2.24) is 4.57 Å². The average molecular weight is 445 g/mol. The highest BCUT2D eigenvalue weighted by Crippen LogP contribution is 2.31. The first-order valence-electron chi connectivity index (χ1n) is 9.96. The van der Waals surface area contributed by atoms with E-state index < -0.39 is 9.84 Å². The number of nitrogens with zero attached hydrogens (tertiary/aromatic N) is 2. The van der Waals surface area contributed by atoms with E-state index in [4.69, 9.17) is 4.74 Å². The standard InChI is InChI=1S/C23H25FN2O4S/c1-17-19(11-14-30-13-4-12-25-27)15-23(26(17)21-6-3-5-20(24)16-21)18-7-9-22(10-8-18)31(2,28)29/h3,5-10,15-16H,4,11-14H2,1-2H3. The molecule has 0 spiro atoms. The van der Waals surface area contributed by atoms with E-state index in [0.29, 0.717) is 31.7 Å². The van der Waals surface area contributed by atoms with Gasteiger partial charge in [0.2, 0.25) is 0 Å². The van der Waals surface area contributed by atoms with Gasteiger partial charge in [0.25, 0.3) is 0 Å². The van der Waals surface area contributed by atoms with Crippen molar-refractivity contribution in [3.63, 3.8) is 0 Å². The van der Waals surface area contributed by atoms with Crippen LogP contribution in [0.1, 0.15) is 17.7 Å². The summed E-state index contributed by atoms with van der Waals surface area (Å²) in [5, 5.41) is 2.81. The van der Waals surface area contributed by atoms with Gasteiger partial charge in [-0.1, -0.05) is 23.4 Å². The Morgan fingerprint density at radius 2 is 1.81 bits per heavy atom. The van der Waals surface area contributed by atoms with Crippen molar-refractivity contribution in [2.24, 2.45) is 5.18 Å². The SMILES string of the molecule is Cc1c(CCOCCCN=O)cc(-c2ccc(S(C)(=O)=O)cc2)n1-c1cccc(F)c1. The van der Waals surface area contributed by atoms with E-state index in [1.807, 2.05) is 23.6 Å². The minimum Gasteiger partial charge on any atom is -0.381 e. The van der Waals surface area contributed by atoms with Crippen LogP contribution in [-0.2, 0) is 21.0 Å². The summed E-state index contributed by atoms with van der Waals surface area (Å²) in [5.41, 5.74) is 4.34. The van der Waals surface area contributed by atoms with E-state index >= 15 is 0 Å². The van der Waals surface area contributed by atoms with Gasteiger partial charge in [-0.3, -0.25) is 0 Å². The molecule has 1 heterocycles. The number of rotatable bonds is 10. The molecule has 31 heavy (non-hydrogen) atoms. The molecule has 3 aromatic rings. The van der Waals surface area contributed by atoms with Crippen LogP contribution in [0.5, 0.6) is 0 Å². The summed E-state index contributed by atoms with van der Waals surface area (Å²) < 4.78 is 45.1. The second kappa shape index (κ2) is 9.98. The maximum absolute atomic E-state index is 13.9. The van der Waals surface area contributed by atoms with Crippen LogP contribution >= 0.6 is 0 Å². The Morgan fingerprint density at radius 1 is 1.06 bits per heavy atom. The van der Waals surface area contributed by atoms with Crippen LogP contribution in [0.2, 0.25) is 0 Å². The predicted molar refractivity (Wildman–Crippen MR) is 119 cm³/mol. The maximum atomic E-state index is 13.9. The van der Waals surface area contributed by atoms with Crippen LogP contribution in [0.3, 0.4) is 0 Å². The molecule has 0 N–H and O–H groups in total. The molecular weight excluding hydrogens is 419 g/mol. The molecule has 8 heteroatoms. The molecule has 0 aliphatic heterocycles. The lowest BCUT2D eigenvalue weighted by molar-refractivity contribution is 0.136. The molecule has 1 aromatic heterocycles. The zero-order chi connectivity index (χ0) is 22.4. The van der Waals surface area contributed by atoms with Gasteiger partial charge >= 0.3 is 0 Å². The highest BCUT2D eigenvalue weighted by atomic mass is 32.2. The van der Waals surface area contributed by atoms with Crippen molar-refractivity contribution in [1.29, 1.82) is 0 Å². The summed E-state index contributed by atoms with van der Waals surface area (Å²) in [7, 11) is -3.29. The first kappa shape index (κ1) is 22.8. The number of ether oxygens (including phenoxy) is 1. The fourth-order valence-electron chi connectivity index (χ4n) is 3.46. The van der Waals surface area contributed by atoms with E-state index in [2.05, 4.69) is 5.18 Å². The van der Waals surface area contributed by atoms with Gasteiger partial charge in [0, 0.05) is 24.2 Å². The smallest absolute Gasteiger partial charge is 0.175 e. The van der Waals surface area contributed by atoms with Crippen molar-refractivity contribution >= 4 is 9.84 Å². The van der Waals surface area contributed by atoms with Crippen LogP contribution < -0.4 is 0 Å². The van der Waals surface area contributed by atoms with E-state index in [0.717, 1.165) is 22.5 Å². The number of aromatic nitrogens is 1. The Kier molecular flexibility index (Phi) is 7.35. The molecule has 0 saturated carbocycles. The summed E-state index contributed by atoms with van der Waals surface area (Å²) in [4.78, 5) is 10.4. The number of benzene rings is 2. The average Bonchev–Trinajstić information content (AvgIpc) is 3.06. The second-order valence-corrected chi connectivity index (χ2v) is 9.34. The molecule has 0 atom stereocenters. The predicted octanol–water partition coefficient (Wildman–Crippen LogP) is 4.71. The molecule has 0 aliphatic rings. The highest BCUT2D eigenvalue weighted by Gasteiger charge is 2.16. The molecule has 0 radical (unpaired) electrons. The van der Waals surface area contributed by atoms with Crippen LogP contribution in [0.25, 0.3) is 16.9 Å². The molecule has 164 valence electrons. The van der Waals surface area contributed by atoms with Crippen molar-refractivity contribution in [2.75, 3.05) is 26.0 Å². The maximum Gasteiger partial charge on any atom is 0.175 e. The Balaban J connectivity index is 1.95.